The van der Waals surface area contributed by atoms with E-state index in [1.54, 1.807) is 0 Å². The van der Waals surface area contributed by atoms with Gasteiger partial charge in [0.2, 0.25) is 5.91 Å². The van der Waals surface area contributed by atoms with Crippen LogP contribution in [-0.4, -0.2) is 36.3 Å². The summed E-state index contributed by atoms with van der Waals surface area (Å²) < 4.78 is 40.2. The average molecular weight is 344 g/mol. The summed E-state index contributed by atoms with van der Waals surface area (Å²) in [6, 6.07) is 4.86. The van der Waals surface area contributed by atoms with Gasteiger partial charge in [0.05, 0.1) is 6.04 Å². The highest BCUT2D eigenvalue weighted by Gasteiger charge is 2.31. The number of nitrogens with zero attached hydrogens (tertiary/aromatic N) is 1. The maximum atomic E-state index is 12.4. The number of benzene rings is 1. The highest BCUT2D eigenvalue weighted by atomic mass is 19.4. The molecule has 0 spiro atoms. The van der Waals surface area contributed by atoms with Crippen molar-refractivity contribution in [2.45, 2.75) is 39.6 Å². The van der Waals surface area contributed by atoms with Crippen LogP contribution in [0.2, 0.25) is 0 Å². The van der Waals surface area contributed by atoms with Gasteiger partial charge in [-0.1, -0.05) is 13.8 Å². The average Bonchev–Trinajstić information content (AvgIpc) is 2.46. The molecule has 1 aromatic rings. The molecule has 0 unspecified atom stereocenters. The number of carbonyl (C=O) groups excluding carboxylic acids is 1. The molecule has 4 nitrogen and oxygen atoms in total. The van der Waals surface area contributed by atoms with Crippen LogP contribution in [0.15, 0.2) is 24.3 Å². The fourth-order valence-electron chi connectivity index (χ4n) is 3.18. The molecule has 3 atom stereocenters. The Hall–Kier alpha value is -1.76. The van der Waals surface area contributed by atoms with Crippen molar-refractivity contribution in [3.05, 3.63) is 24.3 Å². The molecule has 1 N–H and O–H groups in total. The first-order valence-corrected chi connectivity index (χ1v) is 8.05. The van der Waals surface area contributed by atoms with E-state index in [-0.39, 0.29) is 17.7 Å². The minimum atomic E-state index is -4.72. The summed E-state index contributed by atoms with van der Waals surface area (Å²) in [4.78, 5) is 14.5. The zero-order chi connectivity index (χ0) is 17.9. The summed E-state index contributed by atoms with van der Waals surface area (Å²) in [6.07, 6.45) is -3.56. The van der Waals surface area contributed by atoms with Crippen molar-refractivity contribution in [2.24, 2.45) is 11.8 Å². The Morgan fingerprint density at radius 3 is 2.25 bits per heavy atom. The normalized spacial score (nSPS) is 23.6. The van der Waals surface area contributed by atoms with Crippen LogP contribution >= 0.6 is 0 Å². The summed E-state index contributed by atoms with van der Waals surface area (Å²) >= 11 is 0. The first kappa shape index (κ1) is 18.6. The van der Waals surface area contributed by atoms with Gasteiger partial charge in [0.1, 0.15) is 5.75 Å². The van der Waals surface area contributed by atoms with Crippen LogP contribution in [0.1, 0.15) is 27.2 Å². The van der Waals surface area contributed by atoms with Crippen LogP contribution in [0.4, 0.5) is 18.9 Å². The Balaban J connectivity index is 1.93. The quantitative estimate of drug-likeness (QED) is 0.901. The van der Waals surface area contributed by atoms with Crippen molar-refractivity contribution in [1.29, 1.82) is 0 Å². The number of hydrogen-bond acceptors (Lipinski definition) is 3. The number of halogens is 3. The van der Waals surface area contributed by atoms with Gasteiger partial charge < -0.3 is 10.1 Å². The molecule has 0 bridgehead atoms. The van der Waals surface area contributed by atoms with Gasteiger partial charge in [-0.2, -0.15) is 0 Å². The van der Waals surface area contributed by atoms with Gasteiger partial charge in [-0.15, -0.1) is 13.2 Å². The molecule has 0 aromatic heterocycles. The van der Waals surface area contributed by atoms with Crippen molar-refractivity contribution in [3.63, 3.8) is 0 Å². The van der Waals surface area contributed by atoms with E-state index in [4.69, 9.17) is 0 Å². The van der Waals surface area contributed by atoms with Crippen molar-refractivity contribution in [3.8, 4) is 5.75 Å². The molecule has 134 valence electrons. The number of likely N-dealkylation sites (tertiary alicyclic amines) is 1. The van der Waals surface area contributed by atoms with Gasteiger partial charge in [-0.25, -0.2) is 0 Å². The fourth-order valence-corrected chi connectivity index (χ4v) is 3.18. The first-order valence-electron chi connectivity index (χ1n) is 8.05. The molecule has 7 heteroatoms. The van der Waals surface area contributed by atoms with Crippen molar-refractivity contribution < 1.29 is 22.7 Å². The molecule has 2 rings (SSSR count). The zero-order valence-corrected chi connectivity index (χ0v) is 14.1. The van der Waals surface area contributed by atoms with Crippen LogP contribution in [0.3, 0.4) is 0 Å². The number of alkyl halides is 3. The van der Waals surface area contributed by atoms with Crippen molar-refractivity contribution >= 4 is 11.6 Å². The number of carbonyl (C=O) groups is 1. The number of rotatable bonds is 4. The van der Waals surface area contributed by atoms with E-state index >= 15 is 0 Å². The SMILES string of the molecule is C[C@@H]1C[C@@H](C)CN([C@@H](C)C(=O)Nc2ccc(OC(F)(F)F)cc2)C1. The van der Waals surface area contributed by atoms with E-state index < -0.39 is 6.36 Å². The second-order valence-corrected chi connectivity index (χ2v) is 6.64. The molecule has 0 saturated carbocycles. The summed E-state index contributed by atoms with van der Waals surface area (Å²) in [6.45, 7) is 7.94. The highest BCUT2D eigenvalue weighted by Crippen LogP contribution is 2.25. The monoisotopic (exact) mass is 344 g/mol. The number of ether oxygens (including phenoxy) is 1. The van der Waals surface area contributed by atoms with Gasteiger partial charge in [-0.05, 0) is 49.4 Å². The minimum absolute atomic E-state index is 0.166. The van der Waals surface area contributed by atoms with E-state index in [1.165, 1.54) is 24.3 Å². The number of hydrogen-bond donors (Lipinski definition) is 1. The fraction of sp³-hybridized carbons (Fsp3) is 0.588. The van der Waals surface area contributed by atoms with Gasteiger partial charge in [0, 0.05) is 18.8 Å². The molecule has 1 aliphatic heterocycles. The molecule has 0 radical (unpaired) electrons. The van der Waals surface area contributed by atoms with E-state index in [9.17, 15) is 18.0 Å². The number of nitrogens with one attached hydrogen (secondary N) is 1. The number of amides is 1. The van der Waals surface area contributed by atoms with Crippen LogP contribution < -0.4 is 10.1 Å². The topological polar surface area (TPSA) is 41.6 Å². The van der Waals surface area contributed by atoms with E-state index in [2.05, 4.69) is 28.8 Å². The summed E-state index contributed by atoms with van der Waals surface area (Å²) in [5, 5.41) is 2.74. The molecule has 1 aromatic carbocycles. The lowest BCUT2D eigenvalue weighted by molar-refractivity contribution is -0.274. The summed E-state index contributed by atoms with van der Waals surface area (Å²) in [5.41, 5.74) is 0.444. The number of anilines is 1. The predicted molar refractivity (Wildman–Crippen MR) is 85.7 cm³/mol. The zero-order valence-electron chi connectivity index (χ0n) is 14.1. The lowest BCUT2D eigenvalue weighted by Gasteiger charge is -2.38. The van der Waals surface area contributed by atoms with Crippen LogP contribution in [0.5, 0.6) is 5.75 Å². The molecule has 1 fully saturated rings. The Labute approximate surface area is 140 Å². The molecule has 1 saturated heterocycles. The lowest BCUT2D eigenvalue weighted by atomic mass is 9.91. The Bertz CT molecular complexity index is 550. The van der Waals surface area contributed by atoms with E-state index in [1.807, 2.05) is 6.92 Å². The van der Waals surface area contributed by atoms with Crippen LogP contribution in [0, 0.1) is 11.8 Å². The van der Waals surface area contributed by atoms with E-state index in [0.29, 0.717) is 17.5 Å². The lowest BCUT2D eigenvalue weighted by Crippen LogP contribution is -2.48. The summed E-state index contributed by atoms with van der Waals surface area (Å²) in [5.74, 6) is 0.610. The smallest absolute Gasteiger partial charge is 0.406 e. The van der Waals surface area contributed by atoms with Gasteiger partial charge >= 0.3 is 6.36 Å². The third kappa shape index (κ3) is 5.40. The van der Waals surface area contributed by atoms with Crippen molar-refractivity contribution in [2.75, 3.05) is 18.4 Å². The maximum absolute atomic E-state index is 12.4. The Morgan fingerprint density at radius 2 is 1.75 bits per heavy atom. The molecule has 0 aliphatic carbocycles. The van der Waals surface area contributed by atoms with Crippen molar-refractivity contribution in [1.82, 2.24) is 4.90 Å². The van der Waals surface area contributed by atoms with Crippen LogP contribution in [-0.2, 0) is 4.79 Å². The second-order valence-electron chi connectivity index (χ2n) is 6.64. The Kier molecular flexibility index (Phi) is 5.74. The standard InChI is InChI=1S/C17H23F3N2O2/c1-11-8-12(2)10-22(9-11)13(3)16(23)21-14-4-6-15(7-5-14)24-17(18,19)20/h4-7,11-13H,8-10H2,1-3H3,(H,21,23)/t11-,12-,13+/m1/s1. The van der Waals surface area contributed by atoms with E-state index in [0.717, 1.165) is 19.5 Å². The minimum Gasteiger partial charge on any atom is -0.406 e. The summed E-state index contributed by atoms with van der Waals surface area (Å²) in [7, 11) is 0. The highest BCUT2D eigenvalue weighted by molar-refractivity contribution is 5.94. The second kappa shape index (κ2) is 7.42. The van der Waals surface area contributed by atoms with Gasteiger partial charge in [-0.3, -0.25) is 9.69 Å². The molecular weight excluding hydrogens is 321 g/mol. The predicted octanol–water partition coefficient (Wildman–Crippen LogP) is 3.89. The molecule has 24 heavy (non-hydrogen) atoms. The van der Waals surface area contributed by atoms with Gasteiger partial charge in [0.25, 0.3) is 0 Å². The van der Waals surface area contributed by atoms with Crippen LogP contribution in [0.25, 0.3) is 0 Å². The molecular formula is C17H23F3N2O2. The molecule has 1 heterocycles. The maximum Gasteiger partial charge on any atom is 0.573 e. The molecule has 1 amide bonds. The third-order valence-electron chi connectivity index (χ3n) is 4.18. The Morgan fingerprint density at radius 1 is 1.21 bits per heavy atom. The number of piperidine rings is 1. The van der Waals surface area contributed by atoms with Gasteiger partial charge in [0.15, 0.2) is 0 Å². The largest absolute Gasteiger partial charge is 0.573 e. The first-order chi connectivity index (χ1) is 11.1. The molecule has 1 aliphatic rings. The third-order valence-corrected chi connectivity index (χ3v) is 4.18.